The first-order valence-corrected chi connectivity index (χ1v) is 12.2. The molecule has 0 amide bonds. The van der Waals surface area contributed by atoms with E-state index in [9.17, 15) is 23.8 Å². The molecular formula is C26H26F2N4O4. The Kier molecular flexibility index (Phi) is 5.53. The number of H-pyrrole nitrogens is 1. The number of rotatable bonds is 4. The maximum absolute atomic E-state index is 14.4. The molecule has 10 heteroatoms. The quantitative estimate of drug-likeness (QED) is 0.382. The van der Waals surface area contributed by atoms with Crippen molar-refractivity contribution in [1.82, 2.24) is 19.7 Å². The first-order chi connectivity index (χ1) is 17.4. The van der Waals surface area contributed by atoms with Crippen LogP contribution in [0.3, 0.4) is 0 Å². The molecule has 0 atom stereocenters. The Morgan fingerprint density at radius 1 is 1.08 bits per heavy atom. The molecule has 8 nitrogen and oxygen atoms in total. The van der Waals surface area contributed by atoms with Gasteiger partial charge in [0.15, 0.2) is 22.9 Å². The number of hydrogen-bond donors (Lipinski definition) is 3. The summed E-state index contributed by atoms with van der Waals surface area (Å²) in [5, 5.41) is 27.9. The van der Waals surface area contributed by atoms with Gasteiger partial charge in [0.2, 0.25) is 0 Å². The molecule has 1 aliphatic carbocycles. The standard InChI is InChI=1S/C26H26F2N4O4/c27-18-2-1-17(12-19(18)28)32-20-11-16-13-29-31-24(16)30-22(20)21(23(32)15-5-9-36-10-6-15)14-3-7-26(35,8-4-14)25(33)34/h1-2,11-15,35H,3-10H2,(H,33,34)(H,29,30,31). The smallest absolute Gasteiger partial charge is 0.335 e. The number of fused-ring (bicyclic) bond motifs is 2. The lowest BCUT2D eigenvalue weighted by Crippen LogP contribution is -2.41. The zero-order valence-corrected chi connectivity index (χ0v) is 19.5. The van der Waals surface area contributed by atoms with E-state index in [2.05, 4.69) is 10.2 Å². The van der Waals surface area contributed by atoms with Gasteiger partial charge in [0, 0.05) is 47.5 Å². The Labute approximate surface area is 204 Å². The van der Waals surface area contributed by atoms with Gasteiger partial charge in [-0.1, -0.05) is 0 Å². The van der Waals surface area contributed by atoms with Crippen LogP contribution in [-0.2, 0) is 9.53 Å². The van der Waals surface area contributed by atoms with Gasteiger partial charge in [-0.3, -0.25) is 5.10 Å². The Morgan fingerprint density at radius 2 is 1.83 bits per heavy atom. The van der Waals surface area contributed by atoms with Crippen LogP contribution in [0.25, 0.3) is 27.8 Å². The fraction of sp³-hybridized carbons (Fsp3) is 0.423. The molecule has 1 aliphatic heterocycles. The summed E-state index contributed by atoms with van der Waals surface area (Å²) in [6, 6.07) is 5.84. The fourth-order valence-corrected chi connectivity index (χ4v) is 5.88. The molecule has 0 radical (unpaired) electrons. The molecule has 6 rings (SSSR count). The molecule has 1 saturated heterocycles. The Balaban J connectivity index is 1.61. The van der Waals surface area contributed by atoms with Crippen LogP contribution < -0.4 is 0 Å². The second-order valence-corrected chi connectivity index (χ2v) is 9.89. The lowest BCUT2D eigenvalue weighted by Gasteiger charge is -2.34. The molecule has 3 aromatic heterocycles. The normalized spacial score (nSPS) is 23.5. The van der Waals surface area contributed by atoms with Crippen LogP contribution in [0.1, 0.15) is 61.6 Å². The molecule has 0 unspecified atom stereocenters. The molecule has 4 heterocycles. The number of nitrogens with one attached hydrogen (secondary N) is 1. The third-order valence-corrected chi connectivity index (χ3v) is 7.81. The number of ether oxygens (including phenoxy) is 1. The predicted octanol–water partition coefficient (Wildman–Crippen LogP) is 4.55. The SMILES string of the molecule is O=C(O)C1(O)CCC(c2c(C3CCOCC3)n(-c3ccc(F)c(F)c3)c3cc4cn[nH]c4nc23)CC1. The molecule has 1 saturated carbocycles. The van der Waals surface area contributed by atoms with Crippen molar-refractivity contribution in [3.8, 4) is 5.69 Å². The molecule has 1 aromatic carbocycles. The van der Waals surface area contributed by atoms with E-state index in [1.807, 2.05) is 10.6 Å². The van der Waals surface area contributed by atoms with Crippen LogP contribution in [-0.4, -0.2) is 54.7 Å². The van der Waals surface area contributed by atoms with Crippen molar-refractivity contribution in [1.29, 1.82) is 0 Å². The third-order valence-electron chi connectivity index (χ3n) is 7.81. The largest absolute Gasteiger partial charge is 0.479 e. The van der Waals surface area contributed by atoms with Gasteiger partial charge in [0.1, 0.15) is 0 Å². The third kappa shape index (κ3) is 3.67. The molecule has 3 N–H and O–H groups in total. The number of carboxylic acids is 1. The zero-order valence-electron chi connectivity index (χ0n) is 19.5. The van der Waals surface area contributed by atoms with Crippen LogP contribution in [0.4, 0.5) is 8.78 Å². The number of carboxylic acid groups (broad SMARTS) is 1. The topological polar surface area (TPSA) is 113 Å². The number of benzene rings is 1. The lowest BCUT2D eigenvalue weighted by molar-refractivity contribution is -0.162. The van der Waals surface area contributed by atoms with E-state index >= 15 is 0 Å². The van der Waals surface area contributed by atoms with Crippen LogP contribution >= 0.6 is 0 Å². The van der Waals surface area contributed by atoms with Gasteiger partial charge in [0.05, 0.1) is 17.2 Å². The maximum Gasteiger partial charge on any atom is 0.335 e. The van der Waals surface area contributed by atoms with Crippen LogP contribution in [0.15, 0.2) is 30.5 Å². The van der Waals surface area contributed by atoms with Crippen molar-refractivity contribution in [2.75, 3.05) is 13.2 Å². The highest BCUT2D eigenvalue weighted by Crippen LogP contribution is 2.47. The molecule has 36 heavy (non-hydrogen) atoms. The van der Waals surface area contributed by atoms with Crippen molar-refractivity contribution in [3.63, 3.8) is 0 Å². The van der Waals surface area contributed by atoms with Gasteiger partial charge in [-0.15, -0.1) is 0 Å². The maximum atomic E-state index is 14.4. The number of hydrogen-bond acceptors (Lipinski definition) is 5. The van der Waals surface area contributed by atoms with E-state index in [4.69, 9.17) is 9.72 Å². The average Bonchev–Trinajstić information content (AvgIpc) is 3.47. The summed E-state index contributed by atoms with van der Waals surface area (Å²) in [6.07, 6.45) is 4.40. The number of aliphatic hydroxyl groups is 1. The van der Waals surface area contributed by atoms with Crippen LogP contribution in [0.2, 0.25) is 0 Å². The first-order valence-electron chi connectivity index (χ1n) is 12.2. The summed E-state index contributed by atoms with van der Waals surface area (Å²) in [5.74, 6) is -3.02. The summed E-state index contributed by atoms with van der Waals surface area (Å²) in [7, 11) is 0. The molecule has 188 valence electrons. The van der Waals surface area contributed by atoms with Gasteiger partial charge in [-0.05, 0) is 62.6 Å². The molecule has 4 aromatic rings. The van der Waals surface area contributed by atoms with E-state index in [1.165, 1.54) is 6.07 Å². The summed E-state index contributed by atoms with van der Waals surface area (Å²) in [6.45, 7) is 1.18. The summed E-state index contributed by atoms with van der Waals surface area (Å²) in [5.41, 5.74) is 2.80. The molecule has 2 fully saturated rings. The number of aromatic nitrogens is 4. The van der Waals surface area contributed by atoms with E-state index < -0.39 is 23.2 Å². The number of pyridine rings is 1. The first kappa shape index (κ1) is 23.1. The van der Waals surface area contributed by atoms with E-state index in [1.54, 1.807) is 12.3 Å². The second-order valence-electron chi connectivity index (χ2n) is 9.89. The summed E-state index contributed by atoms with van der Waals surface area (Å²) < 4.78 is 35.9. The number of carbonyl (C=O) groups is 1. The number of halogens is 2. The molecule has 0 spiro atoms. The van der Waals surface area contributed by atoms with Gasteiger partial charge >= 0.3 is 5.97 Å². The fourth-order valence-electron chi connectivity index (χ4n) is 5.88. The highest BCUT2D eigenvalue weighted by molar-refractivity contribution is 5.93. The highest BCUT2D eigenvalue weighted by atomic mass is 19.2. The monoisotopic (exact) mass is 496 g/mol. The van der Waals surface area contributed by atoms with Crippen molar-refractivity contribution in [2.45, 2.75) is 56.0 Å². The van der Waals surface area contributed by atoms with Crippen molar-refractivity contribution >= 4 is 28.0 Å². The number of aliphatic carboxylic acids is 1. The van der Waals surface area contributed by atoms with Gasteiger partial charge < -0.3 is 19.5 Å². The van der Waals surface area contributed by atoms with E-state index in [0.717, 1.165) is 46.6 Å². The van der Waals surface area contributed by atoms with E-state index in [-0.39, 0.29) is 24.7 Å². The number of aromatic amines is 1. The van der Waals surface area contributed by atoms with Gasteiger partial charge in [-0.2, -0.15) is 5.10 Å². The highest BCUT2D eigenvalue weighted by Gasteiger charge is 2.42. The zero-order chi connectivity index (χ0) is 25.0. The minimum absolute atomic E-state index is 0.0515. The second kappa shape index (κ2) is 8.63. The van der Waals surface area contributed by atoms with Crippen molar-refractivity contribution in [3.05, 3.63) is 53.4 Å². The van der Waals surface area contributed by atoms with Crippen molar-refractivity contribution < 1.29 is 28.5 Å². The molecule has 0 bridgehead atoms. The average molecular weight is 497 g/mol. The Hall–Kier alpha value is -3.37. The minimum atomic E-state index is -1.74. The Bertz CT molecular complexity index is 1470. The minimum Gasteiger partial charge on any atom is -0.479 e. The number of nitrogens with zero attached hydrogens (tertiary/aromatic N) is 3. The summed E-state index contributed by atoms with van der Waals surface area (Å²) in [4.78, 5) is 16.6. The molecular weight excluding hydrogens is 470 g/mol. The molecule has 2 aliphatic rings. The van der Waals surface area contributed by atoms with Crippen LogP contribution in [0, 0.1) is 11.6 Å². The van der Waals surface area contributed by atoms with Gasteiger partial charge in [-0.25, -0.2) is 18.6 Å². The van der Waals surface area contributed by atoms with Gasteiger partial charge in [0.25, 0.3) is 0 Å². The lowest BCUT2D eigenvalue weighted by atomic mass is 9.74. The van der Waals surface area contributed by atoms with Crippen molar-refractivity contribution in [2.24, 2.45) is 0 Å². The van der Waals surface area contributed by atoms with E-state index in [0.29, 0.717) is 37.4 Å². The van der Waals surface area contributed by atoms with Crippen LogP contribution in [0.5, 0.6) is 0 Å². The summed E-state index contributed by atoms with van der Waals surface area (Å²) >= 11 is 0. The Morgan fingerprint density at radius 3 is 2.53 bits per heavy atom. The predicted molar refractivity (Wildman–Crippen MR) is 127 cm³/mol.